The summed E-state index contributed by atoms with van der Waals surface area (Å²) >= 11 is 3.46. The summed E-state index contributed by atoms with van der Waals surface area (Å²) in [7, 11) is 0. The third kappa shape index (κ3) is 2.81. The fourth-order valence-corrected chi connectivity index (χ4v) is 2.49. The van der Waals surface area contributed by atoms with Crippen LogP contribution < -0.4 is 5.32 Å². The number of aromatic nitrogens is 1. The zero-order valence-corrected chi connectivity index (χ0v) is 11.4. The Hall–Kier alpha value is -0.450. The molecule has 0 aliphatic carbocycles. The summed E-state index contributed by atoms with van der Waals surface area (Å²) in [5, 5.41) is 3.44. The lowest BCUT2D eigenvalue weighted by atomic mass is 9.99. The van der Waals surface area contributed by atoms with Crippen LogP contribution >= 0.6 is 15.9 Å². The summed E-state index contributed by atoms with van der Waals surface area (Å²) in [6.07, 6.45) is 3.77. The van der Waals surface area contributed by atoms with Crippen LogP contribution in [0.1, 0.15) is 19.4 Å². The minimum Gasteiger partial charge on any atom is -0.314 e. The molecule has 1 N–H and O–H groups in total. The highest BCUT2D eigenvalue weighted by Crippen LogP contribution is 2.20. The summed E-state index contributed by atoms with van der Waals surface area (Å²) in [4.78, 5) is 6.72. The molecule has 1 aliphatic heterocycles. The molecule has 0 aromatic carbocycles. The molecule has 1 aliphatic rings. The maximum Gasteiger partial charge on any atom is 0.0410 e. The Morgan fingerprint density at radius 3 is 3.00 bits per heavy atom. The molecule has 0 spiro atoms. The zero-order chi connectivity index (χ0) is 11.6. The number of rotatable bonds is 2. The van der Waals surface area contributed by atoms with Crippen LogP contribution in [-0.2, 0) is 6.54 Å². The van der Waals surface area contributed by atoms with E-state index in [9.17, 15) is 0 Å². The first kappa shape index (κ1) is 12.0. The lowest BCUT2D eigenvalue weighted by Crippen LogP contribution is -2.57. The summed E-state index contributed by atoms with van der Waals surface area (Å²) < 4.78 is 1.05. The Kier molecular flexibility index (Phi) is 3.62. The Morgan fingerprint density at radius 2 is 2.31 bits per heavy atom. The van der Waals surface area contributed by atoms with E-state index in [-0.39, 0.29) is 5.54 Å². The van der Waals surface area contributed by atoms with Crippen LogP contribution in [0.15, 0.2) is 22.9 Å². The molecule has 16 heavy (non-hydrogen) atoms. The molecule has 0 atom stereocenters. The van der Waals surface area contributed by atoms with E-state index >= 15 is 0 Å². The van der Waals surface area contributed by atoms with Gasteiger partial charge in [0.25, 0.3) is 0 Å². The highest BCUT2D eigenvalue weighted by atomic mass is 79.9. The standard InChI is InChI=1S/C12H18BrN3/c1-12(2)9-14-3-4-16(12)8-10-5-11(13)7-15-6-10/h5-7,14H,3-4,8-9H2,1-2H3. The van der Waals surface area contributed by atoms with Crippen LogP contribution in [0, 0.1) is 0 Å². The molecule has 0 saturated carbocycles. The molecule has 1 aromatic rings. The molecule has 4 heteroatoms. The van der Waals surface area contributed by atoms with Crippen LogP contribution in [0.3, 0.4) is 0 Å². The van der Waals surface area contributed by atoms with Gasteiger partial charge in [0.1, 0.15) is 0 Å². The largest absolute Gasteiger partial charge is 0.314 e. The van der Waals surface area contributed by atoms with Gasteiger partial charge in [-0.25, -0.2) is 0 Å². The van der Waals surface area contributed by atoms with Gasteiger partial charge in [0, 0.05) is 48.6 Å². The van der Waals surface area contributed by atoms with Gasteiger partial charge < -0.3 is 5.32 Å². The number of pyridine rings is 1. The van der Waals surface area contributed by atoms with Gasteiger partial charge >= 0.3 is 0 Å². The van der Waals surface area contributed by atoms with E-state index in [1.807, 2.05) is 12.4 Å². The zero-order valence-electron chi connectivity index (χ0n) is 9.83. The summed E-state index contributed by atoms with van der Waals surface area (Å²) in [6.45, 7) is 8.76. The van der Waals surface area contributed by atoms with Crippen molar-refractivity contribution in [2.24, 2.45) is 0 Å². The fraction of sp³-hybridized carbons (Fsp3) is 0.583. The summed E-state index contributed by atoms with van der Waals surface area (Å²) in [5.74, 6) is 0. The fourth-order valence-electron chi connectivity index (χ4n) is 2.08. The van der Waals surface area contributed by atoms with Crippen molar-refractivity contribution < 1.29 is 0 Å². The second kappa shape index (κ2) is 4.82. The molecule has 1 saturated heterocycles. The van der Waals surface area contributed by atoms with Crippen molar-refractivity contribution in [3.05, 3.63) is 28.5 Å². The molecule has 0 unspecified atom stereocenters. The van der Waals surface area contributed by atoms with E-state index < -0.39 is 0 Å². The maximum atomic E-state index is 4.21. The number of hydrogen-bond acceptors (Lipinski definition) is 3. The first-order valence-electron chi connectivity index (χ1n) is 5.63. The van der Waals surface area contributed by atoms with Crippen molar-refractivity contribution in [3.63, 3.8) is 0 Å². The Morgan fingerprint density at radius 1 is 1.50 bits per heavy atom. The topological polar surface area (TPSA) is 28.2 Å². The first-order chi connectivity index (χ1) is 7.58. The lowest BCUT2D eigenvalue weighted by molar-refractivity contribution is 0.0826. The van der Waals surface area contributed by atoms with Gasteiger partial charge in [-0.1, -0.05) is 0 Å². The van der Waals surface area contributed by atoms with Crippen molar-refractivity contribution in [2.75, 3.05) is 19.6 Å². The SMILES string of the molecule is CC1(C)CNCCN1Cc1cncc(Br)c1. The lowest BCUT2D eigenvalue weighted by Gasteiger charge is -2.42. The predicted octanol–water partition coefficient (Wildman–Crippen LogP) is 2.03. The Labute approximate surface area is 105 Å². The molecule has 0 radical (unpaired) electrons. The molecule has 1 aromatic heterocycles. The van der Waals surface area contributed by atoms with Crippen LogP contribution in [0.5, 0.6) is 0 Å². The normalized spacial score (nSPS) is 20.9. The molecule has 2 rings (SSSR count). The second-order valence-corrected chi connectivity index (χ2v) is 5.84. The van der Waals surface area contributed by atoms with Crippen molar-refractivity contribution in [1.29, 1.82) is 0 Å². The van der Waals surface area contributed by atoms with Crippen molar-refractivity contribution in [3.8, 4) is 0 Å². The number of piperazine rings is 1. The van der Waals surface area contributed by atoms with E-state index in [2.05, 4.69) is 51.0 Å². The first-order valence-corrected chi connectivity index (χ1v) is 6.42. The third-order valence-electron chi connectivity index (χ3n) is 3.11. The Bertz CT molecular complexity index is 365. The average Bonchev–Trinajstić information content (AvgIpc) is 2.21. The van der Waals surface area contributed by atoms with Crippen LogP contribution in [-0.4, -0.2) is 35.1 Å². The Balaban J connectivity index is 2.08. The van der Waals surface area contributed by atoms with Gasteiger partial charge in [0.15, 0.2) is 0 Å². The number of halogens is 1. The van der Waals surface area contributed by atoms with E-state index in [4.69, 9.17) is 0 Å². The van der Waals surface area contributed by atoms with E-state index in [1.54, 1.807) is 0 Å². The molecule has 1 fully saturated rings. The monoisotopic (exact) mass is 283 g/mol. The van der Waals surface area contributed by atoms with Gasteiger partial charge in [-0.05, 0) is 41.4 Å². The number of nitrogens with one attached hydrogen (secondary N) is 1. The minimum absolute atomic E-state index is 0.223. The molecule has 0 bridgehead atoms. The highest BCUT2D eigenvalue weighted by Gasteiger charge is 2.29. The molecular weight excluding hydrogens is 266 g/mol. The van der Waals surface area contributed by atoms with Crippen molar-refractivity contribution in [1.82, 2.24) is 15.2 Å². The molecule has 2 heterocycles. The third-order valence-corrected chi connectivity index (χ3v) is 3.54. The van der Waals surface area contributed by atoms with Crippen LogP contribution in [0.4, 0.5) is 0 Å². The van der Waals surface area contributed by atoms with Gasteiger partial charge in [0.05, 0.1) is 0 Å². The average molecular weight is 284 g/mol. The van der Waals surface area contributed by atoms with Gasteiger partial charge in [-0.3, -0.25) is 9.88 Å². The van der Waals surface area contributed by atoms with Crippen molar-refractivity contribution in [2.45, 2.75) is 25.9 Å². The highest BCUT2D eigenvalue weighted by molar-refractivity contribution is 9.10. The number of hydrogen-bond donors (Lipinski definition) is 1. The van der Waals surface area contributed by atoms with Gasteiger partial charge in [-0.2, -0.15) is 0 Å². The molecular formula is C12H18BrN3. The number of nitrogens with zero attached hydrogens (tertiary/aromatic N) is 2. The quantitative estimate of drug-likeness (QED) is 0.900. The maximum absolute atomic E-state index is 4.21. The summed E-state index contributed by atoms with van der Waals surface area (Å²) in [5.41, 5.74) is 1.49. The van der Waals surface area contributed by atoms with Crippen LogP contribution in [0.25, 0.3) is 0 Å². The van der Waals surface area contributed by atoms with Crippen molar-refractivity contribution >= 4 is 15.9 Å². The van der Waals surface area contributed by atoms with Gasteiger partial charge in [0.2, 0.25) is 0 Å². The minimum atomic E-state index is 0.223. The second-order valence-electron chi connectivity index (χ2n) is 4.92. The summed E-state index contributed by atoms with van der Waals surface area (Å²) in [6, 6.07) is 2.14. The molecule has 3 nitrogen and oxygen atoms in total. The van der Waals surface area contributed by atoms with E-state index in [0.29, 0.717) is 0 Å². The van der Waals surface area contributed by atoms with E-state index in [1.165, 1.54) is 5.56 Å². The molecule has 0 amide bonds. The smallest absolute Gasteiger partial charge is 0.0410 e. The van der Waals surface area contributed by atoms with Crippen LogP contribution in [0.2, 0.25) is 0 Å². The molecule has 88 valence electrons. The van der Waals surface area contributed by atoms with E-state index in [0.717, 1.165) is 30.7 Å². The predicted molar refractivity (Wildman–Crippen MR) is 69.3 cm³/mol. The van der Waals surface area contributed by atoms with Gasteiger partial charge in [-0.15, -0.1) is 0 Å².